The molecule has 0 spiro atoms. The molecule has 0 fully saturated rings. The first-order valence-electron chi connectivity index (χ1n) is 26.1. The van der Waals surface area contributed by atoms with Crippen LogP contribution >= 0.6 is 0 Å². The van der Waals surface area contributed by atoms with Gasteiger partial charge in [-0.3, -0.25) is 0 Å². The molecule has 297 valence electrons. The van der Waals surface area contributed by atoms with Gasteiger partial charge in [0.05, 0.1) is 5.58 Å². The largest absolute Gasteiger partial charge is 0.486 e. The minimum absolute atomic E-state index is 0. The molecule has 58 heavy (non-hydrogen) atoms. The molecule has 8 rings (SSSR count). The molecule has 0 aliphatic heterocycles. The van der Waals surface area contributed by atoms with Crippen LogP contribution in [-0.4, -0.2) is 15.0 Å². The molecule has 0 saturated heterocycles. The van der Waals surface area contributed by atoms with E-state index in [9.17, 15) is 0 Å². The maximum absolute atomic E-state index is 9.07. The summed E-state index contributed by atoms with van der Waals surface area (Å²) in [6.07, 6.45) is -2.84. The fourth-order valence-corrected chi connectivity index (χ4v) is 6.29. The maximum Gasteiger partial charge on any atom is 0.216 e. The number of aryl methyl sites for hydroxylation is 3. The van der Waals surface area contributed by atoms with Crippen molar-refractivity contribution < 1.29 is 45.1 Å². The quantitative estimate of drug-likeness (QED) is 0.149. The monoisotopic (exact) mass is 955 g/mol. The molecule has 0 saturated carbocycles. The number of nitrogens with zero attached hydrogens (tertiary/aromatic N) is 3. The molecule has 1 radical (unpaired) electrons. The zero-order valence-electron chi connectivity index (χ0n) is 48.1. The molecular formula is C53H53IrN3O-2. The summed E-state index contributed by atoms with van der Waals surface area (Å²) in [4.78, 5) is 13.0. The average Bonchev–Trinajstić information content (AvgIpc) is 3.69. The molecule has 4 aromatic carbocycles. The molecule has 4 heterocycles. The van der Waals surface area contributed by atoms with Crippen molar-refractivity contribution in [1.82, 2.24) is 15.0 Å². The molecule has 0 N–H and O–H groups in total. The van der Waals surface area contributed by atoms with Crippen LogP contribution < -0.4 is 0 Å². The summed E-state index contributed by atoms with van der Waals surface area (Å²) in [5.41, 5.74) is 3.14. The summed E-state index contributed by atoms with van der Waals surface area (Å²) in [6, 6.07) is 36.0. The number of pyridine rings is 3. The van der Waals surface area contributed by atoms with Crippen LogP contribution in [0.15, 0.2) is 126 Å². The van der Waals surface area contributed by atoms with Crippen molar-refractivity contribution in [2.45, 2.75) is 81.2 Å². The minimum atomic E-state index is -2.68. The van der Waals surface area contributed by atoms with Gasteiger partial charge in [-0.25, -0.2) is 4.98 Å². The van der Waals surface area contributed by atoms with Gasteiger partial charge in [-0.2, -0.15) is 0 Å². The van der Waals surface area contributed by atoms with Crippen molar-refractivity contribution in [3.05, 3.63) is 173 Å². The van der Waals surface area contributed by atoms with E-state index in [0.717, 1.165) is 11.8 Å². The molecule has 0 atom stereocenters. The minimum Gasteiger partial charge on any atom is -0.486 e. The molecule has 4 nitrogen and oxygen atoms in total. The Morgan fingerprint density at radius 2 is 1.38 bits per heavy atom. The van der Waals surface area contributed by atoms with Crippen LogP contribution in [0.3, 0.4) is 0 Å². The molecule has 5 heteroatoms. The molecule has 0 aliphatic rings. The first-order chi connectivity index (χ1) is 33.1. The van der Waals surface area contributed by atoms with Crippen LogP contribution in [0, 0.1) is 43.5 Å². The molecule has 0 aliphatic carbocycles. The summed E-state index contributed by atoms with van der Waals surface area (Å²) >= 11 is 0. The van der Waals surface area contributed by atoms with E-state index in [1.165, 1.54) is 42.5 Å². The first-order valence-corrected chi connectivity index (χ1v) is 18.6. The van der Waals surface area contributed by atoms with E-state index in [1.54, 1.807) is 63.4 Å². The summed E-state index contributed by atoms with van der Waals surface area (Å²) in [7, 11) is 0. The number of fused-ring (bicyclic) bond motifs is 3. The van der Waals surface area contributed by atoms with Gasteiger partial charge in [-0.1, -0.05) is 138 Å². The van der Waals surface area contributed by atoms with E-state index in [0.29, 0.717) is 49.9 Å². The fraction of sp³-hybridized carbons (Fsp3) is 0.264. The Balaban J connectivity index is 0.000000253. The number of aromatic nitrogens is 3. The Labute approximate surface area is 379 Å². The van der Waals surface area contributed by atoms with Crippen molar-refractivity contribution in [2.75, 3.05) is 0 Å². The summed E-state index contributed by atoms with van der Waals surface area (Å²) < 4.78 is 129. The first kappa shape index (κ1) is 26.7. The van der Waals surface area contributed by atoms with Gasteiger partial charge in [0.15, 0.2) is 0 Å². The number of furan rings is 1. The SMILES string of the molecule is [2H]C([2H])([2H])c1c[c-]c(-c2ccc(C([2H])([2H])C(C)(C)C)cn2)cc1-c1ccccc1.[2H]C([2H])([2H])c1ccc2c(n1)oc1c(-c3cc(C([2H])([2H])c4ccc(C([2H])([2H])C(C)(C)C)cc4)c(C([2H])([2H])[2H])cn3)[c-]ccc12.[Ir]. The average molecular weight is 955 g/mol. The van der Waals surface area contributed by atoms with Crippen LogP contribution in [-0.2, 0) is 39.2 Å². The second-order valence-corrected chi connectivity index (χ2v) is 15.8. The van der Waals surface area contributed by atoms with Gasteiger partial charge < -0.3 is 14.4 Å². The predicted molar refractivity (Wildman–Crippen MR) is 237 cm³/mol. The molecule has 0 bridgehead atoms. The zero-order valence-corrected chi connectivity index (χ0v) is 35.5. The molecular weight excluding hydrogens is 887 g/mol. The van der Waals surface area contributed by atoms with Gasteiger partial charge >= 0.3 is 0 Å². The third-order valence-corrected chi connectivity index (χ3v) is 8.74. The number of hydrogen-bond acceptors (Lipinski definition) is 4. The van der Waals surface area contributed by atoms with Crippen molar-refractivity contribution in [1.29, 1.82) is 0 Å². The van der Waals surface area contributed by atoms with Gasteiger partial charge in [0.2, 0.25) is 5.71 Å². The van der Waals surface area contributed by atoms with Gasteiger partial charge in [0, 0.05) is 64.1 Å². The Bertz CT molecular complexity index is 3240. The zero-order chi connectivity index (χ0) is 53.2. The van der Waals surface area contributed by atoms with Crippen LogP contribution in [0.1, 0.15) is 101 Å². The second kappa shape index (κ2) is 17.7. The van der Waals surface area contributed by atoms with Gasteiger partial charge in [0.1, 0.15) is 0 Å². The van der Waals surface area contributed by atoms with Gasteiger partial charge in [-0.15, -0.1) is 47.5 Å². The van der Waals surface area contributed by atoms with E-state index in [4.69, 9.17) is 25.0 Å². The Hall–Kier alpha value is -5.22. The van der Waals surface area contributed by atoms with E-state index in [1.807, 2.05) is 51.1 Å². The van der Waals surface area contributed by atoms with Crippen molar-refractivity contribution in [3.8, 4) is 33.6 Å². The normalized spacial score (nSPS) is 16.8. The van der Waals surface area contributed by atoms with Gasteiger partial charge in [-0.05, 0) is 101 Å². The Morgan fingerprint density at radius 1 is 0.672 bits per heavy atom. The van der Waals surface area contributed by atoms with Crippen molar-refractivity contribution >= 4 is 22.1 Å². The molecule has 0 amide bonds. The smallest absolute Gasteiger partial charge is 0.216 e. The third kappa shape index (κ3) is 10.4. The molecule has 0 unspecified atom stereocenters. The molecule has 8 aromatic rings. The number of rotatable bonds is 7. The summed E-state index contributed by atoms with van der Waals surface area (Å²) in [5, 5.41) is 1.19. The Kier molecular flexibility index (Phi) is 8.17. The second-order valence-electron chi connectivity index (χ2n) is 15.8. The molecule has 4 aromatic heterocycles. The van der Waals surface area contributed by atoms with Crippen LogP contribution in [0.2, 0.25) is 0 Å². The van der Waals surface area contributed by atoms with Gasteiger partial charge in [0.25, 0.3) is 0 Å². The summed E-state index contributed by atoms with van der Waals surface area (Å²) in [5.74, 6) is 0. The van der Waals surface area contributed by atoms with Crippen molar-refractivity contribution in [2.24, 2.45) is 10.8 Å². The van der Waals surface area contributed by atoms with E-state index >= 15 is 0 Å². The Morgan fingerprint density at radius 3 is 2.07 bits per heavy atom. The maximum atomic E-state index is 9.07. The third-order valence-electron chi connectivity index (χ3n) is 8.74. The summed E-state index contributed by atoms with van der Waals surface area (Å²) in [6.45, 7) is 3.55. The standard InChI is InChI=1S/C30H29N2O.C23H24N.Ir/c1-19-18-31-27(16-23(19)15-21-10-12-22(13-11-21)17-30(3,4)5)26-8-6-7-24-25-14-9-20(2)32-29(25)33-28(24)26;1-17-10-12-20(14-21(17)19-8-6-5-7-9-19)22-13-11-18(16-24-22)15-23(2,3)4;/h6-7,9-14,16,18H,15,17H2,1-5H3;5-11,13-14,16H,15H2,1-4H3;/q2*-1;/i1D3,2D3,15D2,17D2;1D3,15D2;. The van der Waals surface area contributed by atoms with E-state index < -0.39 is 50.5 Å². The topological polar surface area (TPSA) is 51.8 Å². The van der Waals surface area contributed by atoms with Crippen LogP contribution in [0.25, 0.3) is 55.7 Å². The number of hydrogen-bond donors (Lipinski definition) is 0. The number of benzene rings is 4. The van der Waals surface area contributed by atoms with Crippen LogP contribution in [0.5, 0.6) is 0 Å². The van der Waals surface area contributed by atoms with E-state index in [2.05, 4.69) is 27.1 Å². The fourth-order valence-electron chi connectivity index (χ4n) is 6.29. The predicted octanol–water partition coefficient (Wildman–Crippen LogP) is 13.7. The van der Waals surface area contributed by atoms with E-state index in [-0.39, 0.29) is 59.5 Å². The van der Waals surface area contributed by atoms with Crippen molar-refractivity contribution in [3.63, 3.8) is 0 Å². The van der Waals surface area contributed by atoms with Crippen LogP contribution in [0.4, 0.5) is 0 Å².